The summed E-state index contributed by atoms with van der Waals surface area (Å²) in [6, 6.07) is 0. The maximum Gasteiger partial charge on any atom is 0.796 e. The van der Waals surface area contributed by atoms with E-state index in [0.29, 0.717) is 43.7 Å². The molecule has 308 valence electrons. The molecule has 0 amide bonds. The van der Waals surface area contributed by atoms with E-state index in [1.165, 1.54) is 77.0 Å². The van der Waals surface area contributed by atoms with E-state index < -0.39 is 13.3 Å². The second-order valence-electron chi connectivity index (χ2n) is 14.4. The van der Waals surface area contributed by atoms with Crippen molar-refractivity contribution in [1.29, 1.82) is 0 Å². The van der Waals surface area contributed by atoms with Crippen LogP contribution in [0.1, 0.15) is 198 Å². The molecule has 0 aliphatic rings. The number of unbranched alkanes of at least 4 members (excludes halogenated alkanes) is 20. The fraction of sp³-hybridized carbons (Fsp3) is 0.744. The van der Waals surface area contributed by atoms with Crippen LogP contribution in [0.15, 0.2) is 18.5 Å². The number of ketones is 1. The quantitative estimate of drug-likeness (QED) is 0.0234. The van der Waals surface area contributed by atoms with E-state index in [0.717, 1.165) is 83.1 Å². The highest BCUT2D eigenvalue weighted by atomic mass is 19.2. The predicted molar refractivity (Wildman–Crippen MR) is 218 cm³/mol. The molecule has 0 fully saturated rings. The van der Waals surface area contributed by atoms with Gasteiger partial charge in [-0.1, -0.05) is 156 Å². The molecule has 2 heterocycles. The largest absolute Gasteiger partial charge is 0.796 e. The second kappa shape index (κ2) is 31.1. The lowest BCUT2D eigenvalue weighted by Gasteiger charge is -2.14. The zero-order valence-corrected chi connectivity index (χ0v) is 34.3. The maximum absolute atomic E-state index is 13.9. The Morgan fingerprint density at radius 3 is 1.24 bits per heavy atom. The van der Waals surface area contributed by atoms with Gasteiger partial charge < -0.3 is 33.6 Å². The van der Waals surface area contributed by atoms with Gasteiger partial charge in [0, 0.05) is 18.5 Å². The molecule has 0 aromatic carbocycles. The van der Waals surface area contributed by atoms with Crippen molar-refractivity contribution in [1.82, 2.24) is 9.97 Å². The molecular weight excluding hydrogens is 689 g/mol. The maximum atomic E-state index is 13.9. The van der Waals surface area contributed by atoms with E-state index in [9.17, 15) is 13.4 Å². The summed E-state index contributed by atoms with van der Waals surface area (Å²) in [7, 11) is -3.17. The Bertz CT molecular complexity index is 1250. The summed E-state index contributed by atoms with van der Waals surface area (Å²) < 4.78 is 57.5. The number of hydrogen-bond donors (Lipinski definition) is 2. The van der Waals surface area contributed by atoms with Crippen molar-refractivity contribution in [2.75, 3.05) is 26.4 Å². The number of H-pyrrole nitrogens is 2. The highest BCUT2D eigenvalue weighted by Crippen LogP contribution is 2.38. The molecule has 2 aromatic rings. The lowest BCUT2D eigenvalue weighted by atomic mass is 10.1. The van der Waals surface area contributed by atoms with Gasteiger partial charge in [0.05, 0.1) is 26.4 Å². The van der Waals surface area contributed by atoms with Crippen molar-refractivity contribution >= 4 is 19.0 Å². The third-order valence-corrected chi connectivity index (χ3v) is 9.57. The molecule has 2 N–H and O–H groups in total. The summed E-state index contributed by atoms with van der Waals surface area (Å²) in [6.45, 7) is 10.5. The van der Waals surface area contributed by atoms with E-state index in [2.05, 4.69) is 37.7 Å². The molecule has 0 aliphatic heterocycles. The monoisotopic (exact) mass is 763 g/mol. The van der Waals surface area contributed by atoms with Crippen LogP contribution in [0.25, 0.3) is 5.76 Å². The molecule has 0 saturated heterocycles. The van der Waals surface area contributed by atoms with Crippen LogP contribution < -0.4 is 18.9 Å². The van der Waals surface area contributed by atoms with Gasteiger partial charge in [-0.05, 0) is 25.7 Å². The lowest BCUT2D eigenvalue weighted by molar-refractivity contribution is 0.103. The molecule has 0 unspecified atom stereocenters. The van der Waals surface area contributed by atoms with Crippen LogP contribution in [0.3, 0.4) is 0 Å². The normalized spacial score (nSPS) is 11.6. The first-order chi connectivity index (χ1) is 26.5. The van der Waals surface area contributed by atoms with Gasteiger partial charge in [0.25, 0.3) is 0 Å². The van der Waals surface area contributed by atoms with Crippen LogP contribution in [0.2, 0.25) is 0 Å². The Kier molecular flexibility index (Phi) is 27.1. The summed E-state index contributed by atoms with van der Waals surface area (Å²) in [4.78, 5) is 19.9. The van der Waals surface area contributed by atoms with Crippen molar-refractivity contribution in [2.24, 2.45) is 0 Å². The number of ether oxygens (including phenoxy) is 4. The average molecular weight is 763 g/mol. The first kappa shape index (κ1) is 47.0. The first-order valence-corrected chi connectivity index (χ1v) is 21.6. The second-order valence-corrected chi connectivity index (χ2v) is 14.4. The number of nitrogens with one attached hydrogen (secondary N) is 2. The molecule has 11 heteroatoms. The molecule has 0 saturated carbocycles. The van der Waals surface area contributed by atoms with Crippen molar-refractivity contribution in [3.8, 4) is 23.0 Å². The summed E-state index contributed by atoms with van der Waals surface area (Å²) >= 11 is 0. The van der Waals surface area contributed by atoms with Crippen LogP contribution in [-0.2, 0) is 4.65 Å². The fourth-order valence-electron chi connectivity index (χ4n) is 6.35. The number of allylic oxidation sites excluding steroid dienone is 1. The smallest absolute Gasteiger partial charge is 0.503 e. The van der Waals surface area contributed by atoms with Gasteiger partial charge >= 0.3 is 7.47 Å². The Hall–Kier alpha value is -3.11. The zero-order valence-electron chi connectivity index (χ0n) is 34.3. The predicted octanol–water partition coefficient (Wildman–Crippen LogP) is 13.5. The van der Waals surface area contributed by atoms with Gasteiger partial charge in [-0.3, -0.25) is 4.79 Å². The summed E-state index contributed by atoms with van der Waals surface area (Å²) in [5, 5.41) is 0. The van der Waals surface area contributed by atoms with Crippen LogP contribution >= 0.6 is 0 Å². The molecule has 8 nitrogen and oxygen atoms in total. The van der Waals surface area contributed by atoms with Gasteiger partial charge in [0.2, 0.25) is 5.78 Å². The Morgan fingerprint density at radius 2 is 0.852 bits per heavy atom. The number of rotatable bonds is 37. The summed E-state index contributed by atoms with van der Waals surface area (Å²) in [5.74, 6) is 0.492. The highest BCUT2D eigenvalue weighted by Gasteiger charge is 2.28. The van der Waals surface area contributed by atoms with Crippen LogP contribution in [0.4, 0.5) is 8.63 Å². The number of aromatic amines is 2. The molecular formula is C43H73BF2N2O6. The SMILES string of the molecule is CCCCCCCCOc1c[nH]c(C(=O)/C=C(/OB(F)F)c2[nH]cc(OCCCCCCCC)c2OCCCCCCCC)c1OCCCCCCCC. The van der Waals surface area contributed by atoms with Crippen LogP contribution in [-0.4, -0.2) is 49.6 Å². The minimum absolute atomic E-state index is 0.120. The average Bonchev–Trinajstić information content (AvgIpc) is 3.76. The van der Waals surface area contributed by atoms with Crippen molar-refractivity contribution < 1.29 is 37.0 Å². The summed E-state index contributed by atoms with van der Waals surface area (Å²) in [5.41, 5.74) is 0.253. The number of hydrogen-bond acceptors (Lipinski definition) is 6. The van der Waals surface area contributed by atoms with Crippen molar-refractivity contribution in [3.05, 3.63) is 29.9 Å². The molecule has 2 aromatic heterocycles. The number of aromatic nitrogens is 2. The standard InChI is InChI=1S/C43H73BF2N2O6/c1-5-9-13-17-21-25-29-50-38-34-47-40(42(38)52-31-27-23-19-15-11-7-3)36(49)33-37(54-44(45)46)41-43(53-32-28-24-20-16-12-8-4)39(35-48-41)51-30-26-22-18-14-10-6-2/h33-35,47-48H,5-32H2,1-4H3/b37-33+. The minimum Gasteiger partial charge on any atom is -0.503 e. The van der Waals surface area contributed by atoms with E-state index in [-0.39, 0.29) is 22.9 Å². The van der Waals surface area contributed by atoms with E-state index in [1.807, 2.05) is 0 Å². The van der Waals surface area contributed by atoms with Gasteiger partial charge in [0.15, 0.2) is 23.0 Å². The van der Waals surface area contributed by atoms with E-state index in [4.69, 9.17) is 23.6 Å². The molecule has 0 atom stereocenters. The minimum atomic E-state index is -3.17. The third-order valence-electron chi connectivity index (χ3n) is 9.57. The Balaban J connectivity index is 2.30. The van der Waals surface area contributed by atoms with Gasteiger partial charge in [-0.2, -0.15) is 0 Å². The number of carbonyl (C=O) groups is 1. The van der Waals surface area contributed by atoms with Crippen LogP contribution in [0, 0.1) is 0 Å². The Labute approximate surface area is 326 Å². The fourth-order valence-corrected chi connectivity index (χ4v) is 6.35. The molecule has 0 spiro atoms. The van der Waals surface area contributed by atoms with E-state index >= 15 is 0 Å². The van der Waals surface area contributed by atoms with E-state index in [1.54, 1.807) is 12.4 Å². The third kappa shape index (κ3) is 20.0. The van der Waals surface area contributed by atoms with Crippen LogP contribution in [0.5, 0.6) is 23.0 Å². The van der Waals surface area contributed by atoms with Gasteiger partial charge in [-0.25, -0.2) is 8.63 Å². The molecule has 0 radical (unpaired) electrons. The van der Waals surface area contributed by atoms with Gasteiger partial charge in [0.1, 0.15) is 17.1 Å². The zero-order chi connectivity index (χ0) is 39.1. The number of halogens is 2. The molecule has 0 bridgehead atoms. The topological polar surface area (TPSA) is 94.8 Å². The first-order valence-electron chi connectivity index (χ1n) is 21.6. The number of carbonyl (C=O) groups excluding carboxylic acids is 1. The molecule has 54 heavy (non-hydrogen) atoms. The molecule has 2 rings (SSSR count). The summed E-state index contributed by atoms with van der Waals surface area (Å²) in [6.07, 6.45) is 30.7. The highest BCUT2D eigenvalue weighted by molar-refractivity contribution is 6.36. The lowest BCUT2D eigenvalue weighted by Crippen LogP contribution is -2.10. The molecule has 0 aliphatic carbocycles. The van der Waals surface area contributed by atoms with Crippen molar-refractivity contribution in [3.63, 3.8) is 0 Å². The Morgan fingerprint density at radius 1 is 0.519 bits per heavy atom. The van der Waals surface area contributed by atoms with Crippen molar-refractivity contribution in [2.45, 2.75) is 182 Å². The van der Waals surface area contributed by atoms with Gasteiger partial charge in [-0.15, -0.1) is 0 Å².